The number of para-hydroxylation sites is 2. The molecule has 0 aliphatic carbocycles. The first-order valence-corrected chi connectivity index (χ1v) is 5.91. The van der Waals surface area contributed by atoms with Gasteiger partial charge in [-0.15, -0.1) is 0 Å². The van der Waals surface area contributed by atoms with Crippen LogP contribution < -0.4 is 9.64 Å². The number of ether oxygens (including phenoxy) is 1. The number of carboxylic acid groups (broad SMARTS) is 1. The van der Waals surface area contributed by atoms with Gasteiger partial charge in [0.05, 0.1) is 25.9 Å². The van der Waals surface area contributed by atoms with E-state index < -0.39 is 12.0 Å². The second-order valence-electron chi connectivity index (χ2n) is 4.43. The molecular formula is C13H16N2O4. The fraction of sp³-hybridized carbons (Fsp3) is 0.385. The summed E-state index contributed by atoms with van der Waals surface area (Å²) in [6.45, 7) is 0.194. The summed E-state index contributed by atoms with van der Waals surface area (Å²) in [5, 5.41) is 9.32. The summed E-state index contributed by atoms with van der Waals surface area (Å²) < 4.78 is 5.23. The second-order valence-corrected chi connectivity index (χ2v) is 4.43. The van der Waals surface area contributed by atoms with E-state index in [1.54, 1.807) is 36.2 Å². The summed E-state index contributed by atoms with van der Waals surface area (Å²) in [4.78, 5) is 26.2. The van der Waals surface area contributed by atoms with Gasteiger partial charge in [0.25, 0.3) is 0 Å². The van der Waals surface area contributed by atoms with E-state index in [0.29, 0.717) is 11.4 Å². The van der Waals surface area contributed by atoms with E-state index in [0.717, 1.165) is 0 Å². The van der Waals surface area contributed by atoms with E-state index in [1.807, 2.05) is 0 Å². The molecule has 1 aliphatic rings. The Kier molecular flexibility index (Phi) is 3.59. The van der Waals surface area contributed by atoms with Crippen molar-refractivity contribution in [1.82, 2.24) is 4.90 Å². The van der Waals surface area contributed by atoms with Crippen LogP contribution in [-0.2, 0) is 9.59 Å². The van der Waals surface area contributed by atoms with Gasteiger partial charge in [-0.3, -0.25) is 4.79 Å². The summed E-state index contributed by atoms with van der Waals surface area (Å²) in [6.07, 6.45) is 0. The molecule has 1 aliphatic heterocycles. The van der Waals surface area contributed by atoms with E-state index in [2.05, 4.69) is 0 Å². The number of carbonyl (C=O) groups excluding carboxylic acids is 1. The Labute approximate surface area is 111 Å². The normalized spacial score (nSPS) is 19.5. The smallest absolute Gasteiger partial charge is 0.328 e. The van der Waals surface area contributed by atoms with Crippen molar-refractivity contribution < 1.29 is 19.4 Å². The minimum atomic E-state index is -0.953. The van der Waals surface area contributed by atoms with Gasteiger partial charge in [-0.25, -0.2) is 4.79 Å². The van der Waals surface area contributed by atoms with Gasteiger partial charge >= 0.3 is 5.97 Å². The molecule has 0 radical (unpaired) electrons. The molecule has 1 unspecified atom stereocenters. The second kappa shape index (κ2) is 5.17. The van der Waals surface area contributed by atoms with Crippen LogP contribution in [0.4, 0.5) is 5.69 Å². The fourth-order valence-electron chi connectivity index (χ4n) is 2.17. The van der Waals surface area contributed by atoms with Crippen LogP contribution >= 0.6 is 0 Å². The lowest BCUT2D eigenvalue weighted by Gasteiger charge is -2.39. The molecular weight excluding hydrogens is 248 g/mol. The van der Waals surface area contributed by atoms with Crippen molar-refractivity contribution >= 4 is 17.6 Å². The number of hydrogen-bond donors (Lipinski definition) is 1. The minimum Gasteiger partial charge on any atom is -0.495 e. The predicted molar refractivity (Wildman–Crippen MR) is 69.4 cm³/mol. The number of rotatable bonds is 3. The number of carbonyl (C=O) groups is 2. The Morgan fingerprint density at radius 3 is 2.74 bits per heavy atom. The number of anilines is 1. The van der Waals surface area contributed by atoms with E-state index in [1.165, 1.54) is 12.0 Å². The first-order valence-electron chi connectivity index (χ1n) is 5.91. The molecule has 0 bridgehead atoms. The van der Waals surface area contributed by atoms with Crippen molar-refractivity contribution in [2.45, 2.75) is 6.04 Å². The highest BCUT2D eigenvalue weighted by molar-refractivity contribution is 5.89. The molecule has 1 amide bonds. The van der Waals surface area contributed by atoms with Crippen molar-refractivity contribution in [2.24, 2.45) is 0 Å². The maximum absolute atomic E-state index is 11.8. The van der Waals surface area contributed by atoms with Gasteiger partial charge in [0, 0.05) is 7.05 Å². The summed E-state index contributed by atoms with van der Waals surface area (Å²) in [5.74, 6) is -0.500. The molecule has 0 spiro atoms. The molecule has 19 heavy (non-hydrogen) atoms. The molecule has 0 saturated carbocycles. The first kappa shape index (κ1) is 13.2. The van der Waals surface area contributed by atoms with Crippen molar-refractivity contribution in [3.8, 4) is 5.75 Å². The third-order valence-electron chi connectivity index (χ3n) is 3.23. The van der Waals surface area contributed by atoms with Crippen molar-refractivity contribution in [3.63, 3.8) is 0 Å². The Morgan fingerprint density at radius 1 is 1.42 bits per heavy atom. The highest BCUT2D eigenvalue weighted by Crippen LogP contribution is 2.30. The number of carboxylic acids is 1. The number of hydrogen-bond acceptors (Lipinski definition) is 4. The van der Waals surface area contributed by atoms with Crippen LogP contribution in [0, 0.1) is 0 Å². The van der Waals surface area contributed by atoms with Crippen LogP contribution in [0.2, 0.25) is 0 Å². The van der Waals surface area contributed by atoms with Gasteiger partial charge in [-0.1, -0.05) is 12.1 Å². The summed E-state index contributed by atoms with van der Waals surface area (Å²) in [7, 11) is 3.13. The third kappa shape index (κ3) is 2.47. The summed E-state index contributed by atoms with van der Waals surface area (Å²) in [6, 6.07) is 6.33. The van der Waals surface area contributed by atoms with Gasteiger partial charge in [0.1, 0.15) is 11.8 Å². The number of benzene rings is 1. The molecule has 1 atom stereocenters. The quantitative estimate of drug-likeness (QED) is 0.857. The Hall–Kier alpha value is -2.24. The van der Waals surface area contributed by atoms with Crippen LogP contribution in [0.5, 0.6) is 5.75 Å². The van der Waals surface area contributed by atoms with E-state index in [4.69, 9.17) is 4.74 Å². The third-order valence-corrected chi connectivity index (χ3v) is 3.23. The Bertz CT molecular complexity index is 503. The average Bonchev–Trinajstić information content (AvgIpc) is 2.41. The standard InChI is InChI=1S/C13H16N2O4/c1-14-7-10(13(17)18)15(8-12(14)16)9-5-3-4-6-11(9)19-2/h3-6,10H,7-8H2,1-2H3,(H,17,18). The van der Waals surface area contributed by atoms with E-state index in [-0.39, 0.29) is 19.0 Å². The molecule has 1 N–H and O–H groups in total. The van der Waals surface area contributed by atoms with E-state index >= 15 is 0 Å². The number of methoxy groups -OCH3 is 1. The maximum Gasteiger partial charge on any atom is 0.328 e. The number of likely N-dealkylation sites (N-methyl/N-ethyl adjacent to an activating group) is 1. The molecule has 1 fully saturated rings. The number of piperazine rings is 1. The van der Waals surface area contributed by atoms with Gasteiger partial charge in [0.2, 0.25) is 5.91 Å². The molecule has 6 heteroatoms. The minimum absolute atomic E-state index is 0.0356. The van der Waals surface area contributed by atoms with Gasteiger partial charge in [0.15, 0.2) is 0 Å². The fourth-order valence-corrected chi connectivity index (χ4v) is 2.17. The van der Waals surface area contributed by atoms with Crippen LogP contribution in [-0.4, -0.2) is 55.2 Å². The van der Waals surface area contributed by atoms with Gasteiger partial charge in [-0.2, -0.15) is 0 Å². The largest absolute Gasteiger partial charge is 0.495 e. The lowest BCUT2D eigenvalue weighted by Crippen LogP contribution is -2.58. The Morgan fingerprint density at radius 2 is 2.11 bits per heavy atom. The molecule has 102 valence electrons. The zero-order valence-electron chi connectivity index (χ0n) is 10.9. The summed E-state index contributed by atoms with van der Waals surface area (Å²) in [5.41, 5.74) is 0.624. The first-order chi connectivity index (χ1) is 9.04. The van der Waals surface area contributed by atoms with E-state index in [9.17, 15) is 14.7 Å². The molecule has 1 heterocycles. The van der Waals surface area contributed by atoms with Crippen molar-refractivity contribution in [2.75, 3.05) is 32.1 Å². The molecule has 1 saturated heterocycles. The van der Waals surface area contributed by atoms with Crippen molar-refractivity contribution in [3.05, 3.63) is 24.3 Å². The average molecular weight is 264 g/mol. The van der Waals surface area contributed by atoms with Crippen LogP contribution in [0.25, 0.3) is 0 Å². The topological polar surface area (TPSA) is 70.1 Å². The molecule has 1 aromatic carbocycles. The molecule has 2 rings (SSSR count). The van der Waals surface area contributed by atoms with Crippen molar-refractivity contribution in [1.29, 1.82) is 0 Å². The lowest BCUT2D eigenvalue weighted by atomic mass is 10.1. The van der Waals surface area contributed by atoms with Gasteiger partial charge < -0.3 is 19.6 Å². The summed E-state index contributed by atoms with van der Waals surface area (Å²) >= 11 is 0. The predicted octanol–water partition coefficient (Wildman–Crippen LogP) is 0.427. The molecule has 6 nitrogen and oxygen atoms in total. The SMILES string of the molecule is COc1ccccc1N1CC(=O)N(C)CC1C(=O)O. The van der Waals surface area contributed by atoms with Crippen LogP contribution in [0.3, 0.4) is 0 Å². The van der Waals surface area contributed by atoms with Crippen LogP contribution in [0.1, 0.15) is 0 Å². The number of amides is 1. The maximum atomic E-state index is 11.8. The zero-order chi connectivity index (χ0) is 14.0. The monoisotopic (exact) mass is 264 g/mol. The molecule has 0 aromatic heterocycles. The zero-order valence-corrected chi connectivity index (χ0v) is 10.9. The number of nitrogens with zero attached hydrogens (tertiary/aromatic N) is 2. The highest BCUT2D eigenvalue weighted by atomic mass is 16.5. The highest BCUT2D eigenvalue weighted by Gasteiger charge is 2.36. The lowest BCUT2D eigenvalue weighted by molar-refractivity contribution is -0.141. The Balaban J connectivity index is 2.39. The van der Waals surface area contributed by atoms with Crippen LogP contribution in [0.15, 0.2) is 24.3 Å². The number of aliphatic carboxylic acids is 1. The van der Waals surface area contributed by atoms with Gasteiger partial charge in [-0.05, 0) is 12.1 Å². The molecule has 1 aromatic rings.